The molecule has 0 spiro atoms. The monoisotopic (exact) mass is 335 g/mol. The number of hydrogen-bond donors (Lipinski definition) is 1. The third-order valence-electron chi connectivity index (χ3n) is 2.28. The van der Waals surface area contributed by atoms with E-state index >= 15 is 0 Å². The van der Waals surface area contributed by atoms with Crippen LogP contribution in [0.4, 0.5) is 10.1 Å². The number of carbonyl (C=O) groups excluding carboxylic acids is 1. The number of rotatable bonds is 4. The van der Waals surface area contributed by atoms with Gasteiger partial charge in [-0.1, -0.05) is 0 Å². The van der Waals surface area contributed by atoms with Gasteiger partial charge in [0.1, 0.15) is 0 Å². The highest BCUT2D eigenvalue weighted by Crippen LogP contribution is 2.34. The summed E-state index contributed by atoms with van der Waals surface area (Å²) < 4.78 is 17.7. The van der Waals surface area contributed by atoms with Crippen molar-refractivity contribution in [2.75, 3.05) is 7.11 Å². The SMILES string of the molecule is COC(=O)C(C(=O)O)c1ccc(Br)c(F)c1[N+](=O)[O-]. The van der Waals surface area contributed by atoms with Crippen molar-refractivity contribution in [3.63, 3.8) is 0 Å². The largest absolute Gasteiger partial charge is 0.480 e. The average Bonchev–Trinajstić information content (AvgIpc) is 2.32. The van der Waals surface area contributed by atoms with Crippen molar-refractivity contribution in [1.82, 2.24) is 0 Å². The van der Waals surface area contributed by atoms with Crippen LogP contribution in [0.15, 0.2) is 16.6 Å². The lowest BCUT2D eigenvalue weighted by molar-refractivity contribution is -0.388. The Morgan fingerprint density at radius 3 is 2.53 bits per heavy atom. The van der Waals surface area contributed by atoms with Crippen LogP contribution >= 0.6 is 15.9 Å². The van der Waals surface area contributed by atoms with Gasteiger partial charge in [-0.25, -0.2) is 0 Å². The lowest BCUT2D eigenvalue weighted by Crippen LogP contribution is -2.24. The molecule has 102 valence electrons. The van der Waals surface area contributed by atoms with E-state index in [4.69, 9.17) is 5.11 Å². The van der Waals surface area contributed by atoms with E-state index < -0.39 is 39.8 Å². The van der Waals surface area contributed by atoms with Crippen molar-refractivity contribution in [2.24, 2.45) is 0 Å². The second-order valence-electron chi connectivity index (χ2n) is 3.35. The van der Waals surface area contributed by atoms with E-state index in [0.29, 0.717) is 0 Å². The summed E-state index contributed by atoms with van der Waals surface area (Å²) in [5.74, 6) is -6.11. The molecule has 1 aromatic rings. The number of methoxy groups -OCH3 is 1. The van der Waals surface area contributed by atoms with Crippen LogP contribution in [0.3, 0.4) is 0 Å². The molecule has 9 heteroatoms. The van der Waals surface area contributed by atoms with Crippen molar-refractivity contribution >= 4 is 33.6 Å². The zero-order chi connectivity index (χ0) is 14.7. The zero-order valence-electron chi connectivity index (χ0n) is 9.42. The van der Waals surface area contributed by atoms with E-state index in [0.717, 1.165) is 19.2 Å². The molecule has 0 aliphatic carbocycles. The third-order valence-corrected chi connectivity index (χ3v) is 2.89. The van der Waals surface area contributed by atoms with Crippen LogP contribution in [0.2, 0.25) is 0 Å². The fourth-order valence-corrected chi connectivity index (χ4v) is 1.77. The highest BCUT2D eigenvalue weighted by atomic mass is 79.9. The lowest BCUT2D eigenvalue weighted by atomic mass is 9.97. The summed E-state index contributed by atoms with van der Waals surface area (Å²) in [5, 5.41) is 19.8. The van der Waals surface area contributed by atoms with E-state index in [9.17, 15) is 24.1 Å². The molecule has 1 atom stereocenters. The predicted molar refractivity (Wildman–Crippen MR) is 63.1 cm³/mol. The number of nitro benzene ring substituents is 1. The maximum atomic E-state index is 13.7. The van der Waals surface area contributed by atoms with Crippen molar-refractivity contribution in [2.45, 2.75) is 5.92 Å². The van der Waals surface area contributed by atoms with Gasteiger partial charge in [-0.3, -0.25) is 19.7 Å². The number of ether oxygens (including phenoxy) is 1. The Morgan fingerprint density at radius 1 is 1.53 bits per heavy atom. The minimum atomic E-state index is -1.96. The first-order chi connectivity index (χ1) is 8.81. The van der Waals surface area contributed by atoms with Crippen molar-refractivity contribution in [1.29, 1.82) is 0 Å². The number of esters is 1. The molecule has 0 bridgehead atoms. The van der Waals surface area contributed by atoms with Crippen LogP contribution in [-0.4, -0.2) is 29.1 Å². The summed E-state index contributed by atoms with van der Waals surface area (Å²) >= 11 is 2.75. The van der Waals surface area contributed by atoms with Gasteiger partial charge in [0.05, 0.1) is 22.1 Å². The van der Waals surface area contributed by atoms with Crippen LogP contribution in [-0.2, 0) is 14.3 Å². The molecule has 0 saturated heterocycles. The van der Waals surface area contributed by atoms with Gasteiger partial charge >= 0.3 is 17.6 Å². The predicted octanol–water partition coefficient (Wildman–Crippen LogP) is 1.84. The Hall–Kier alpha value is -2.03. The number of carboxylic acids is 1. The molecule has 0 radical (unpaired) electrons. The van der Waals surface area contributed by atoms with Gasteiger partial charge in [-0.05, 0) is 28.1 Å². The minimum Gasteiger partial charge on any atom is -0.480 e. The van der Waals surface area contributed by atoms with E-state index in [-0.39, 0.29) is 4.47 Å². The van der Waals surface area contributed by atoms with Gasteiger partial charge < -0.3 is 9.84 Å². The summed E-state index contributed by atoms with van der Waals surface area (Å²) in [7, 11) is 0.930. The number of nitrogens with zero attached hydrogens (tertiary/aromatic N) is 1. The fourth-order valence-electron chi connectivity index (χ4n) is 1.45. The van der Waals surface area contributed by atoms with Gasteiger partial charge in [0.2, 0.25) is 5.82 Å². The van der Waals surface area contributed by atoms with Crippen molar-refractivity contribution in [3.05, 3.63) is 38.1 Å². The van der Waals surface area contributed by atoms with Gasteiger partial charge in [-0.15, -0.1) is 0 Å². The molecule has 0 heterocycles. The van der Waals surface area contributed by atoms with Gasteiger partial charge in [0.15, 0.2) is 5.92 Å². The van der Waals surface area contributed by atoms with Gasteiger partial charge in [0, 0.05) is 0 Å². The van der Waals surface area contributed by atoms with Crippen LogP contribution in [0.25, 0.3) is 0 Å². The number of aliphatic carboxylic acids is 1. The molecule has 0 saturated carbocycles. The van der Waals surface area contributed by atoms with Crippen LogP contribution < -0.4 is 0 Å². The Balaban J connectivity index is 3.56. The Bertz CT molecular complexity index is 561. The minimum absolute atomic E-state index is 0.211. The van der Waals surface area contributed by atoms with E-state index in [2.05, 4.69) is 20.7 Å². The molecule has 0 fully saturated rings. The summed E-state index contributed by atoms with van der Waals surface area (Å²) in [6.07, 6.45) is 0. The molecule has 1 rings (SSSR count). The number of nitro groups is 1. The molecule has 0 amide bonds. The Morgan fingerprint density at radius 2 is 2.11 bits per heavy atom. The number of halogens is 2. The standard InChI is InChI=1S/C10H7BrFNO6/c1-19-10(16)6(9(14)15)4-2-3-5(11)7(12)8(4)13(17)18/h2-3,6H,1H3,(H,14,15). The first-order valence-corrected chi connectivity index (χ1v) is 5.53. The third kappa shape index (κ3) is 2.87. The lowest BCUT2D eigenvalue weighted by Gasteiger charge is -2.11. The number of benzene rings is 1. The first-order valence-electron chi connectivity index (χ1n) is 4.74. The van der Waals surface area contributed by atoms with Crippen LogP contribution in [0.1, 0.15) is 11.5 Å². The molecule has 19 heavy (non-hydrogen) atoms. The molecule has 1 unspecified atom stereocenters. The number of carboxylic acid groups (broad SMARTS) is 1. The molecular formula is C10H7BrFNO6. The number of hydrogen-bond acceptors (Lipinski definition) is 5. The normalized spacial score (nSPS) is 11.7. The zero-order valence-corrected chi connectivity index (χ0v) is 11.0. The highest BCUT2D eigenvalue weighted by molar-refractivity contribution is 9.10. The quantitative estimate of drug-likeness (QED) is 0.389. The second kappa shape index (κ2) is 5.74. The Kier molecular flexibility index (Phi) is 4.54. The van der Waals surface area contributed by atoms with Crippen LogP contribution in [0, 0.1) is 15.9 Å². The summed E-state index contributed by atoms with van der Waals surface area (Å²) in [5.41, 5.74) is -1.66. The van der Waals surface area contributed by atoms with E-state index in [1.165, 1.54) is 0 Å². The Labute approximate surface area is 114 Å². The average molecular weight is 336 g/mol. The maximum absolute atomic E-state index is 13.7. The van der Waals surface area contributed by atoms with Crippen molar-refractivity contribution in [3.8, 4) is 0 Å². The van der Waals surface area contributed by atoms with Crippen molar-refractivity contribution < 1.29 is 28.7 Å². The summed E-state index contributed by atoms with van der Waals surface area (Å²) in [4.78, 5) is 32.1. The molecular weight excluding hydrogens is 329 g/mol. The highest BCUT2D eigenvalue weighted by Gasteiger charge is 2.37. The molecule has 0 aromatic heterocycles. The molecule has 1 aromatic carbocycles. The van der Waals surface area contributed by atoms with Gasteiger partial charge in [0.25, 0.3) is 0 Å². The maximum Gasteiger partial charge on any atom is 0.324 e. The first kappa shape index (κ1) is 15.0. The molecule has 7 nitrogen and oxygen atoms in total. The second-order valence-corrected chi connectivity index (χ2v) is 4.21. The summed E-state index contributed by atoms with van der Waals surface area (Å²) in [6, 6.07) is 2.07. The molecule has 1 N–H and O–H groups in total. The van der Waals surface area contributed by atoms with Gasteiger partial charge in [-0.2, -0.15) is 4.39 Å². The van der Waals surface area contributed by atoms with Crippen LogP contribution in [0.5, 0.6) is 0 Å². The smallest absolute Gasteiger partial charge is 0.324 e. The molecule has 0 aliphatic rings. The fraction of sp³-hybridized carbons (Fsp3) is 0.200. The molecule has 0 aliphatic heterocycles. The van der Waals surface area contributed by atoms with E-state index in [1.807, 2.05) is 0 Å². The van der Waals surface area contributed by atoms with E-state index in [1.54, 1.807) is 0 Å². The summed E-state index contributed by atoms with van der Waals surface area (Å²) in [6.45, 7) is 0. The number of carbonyl (C=O) groups is 2. The topological polar surface area (TPSA) is 107 Å².